The summed E-state index contributed by atoms with van der Waals surface area (Å²) in [6, 6.07) is 11.4. The topological polar surface area (TPSA) is 79.2 Å². The zero-order valence-electron chi connectivity index (χ0n) is 15.0. The third kappa shape index (κ3) is 3.18. The number of carboxylic acid groups (broad SMARTS) is 1. The van der Waals surface area contributed by atoms with Crippen LogP contribution in [0, 0.1) is 6.92 Å². The number of para-hydroxylation sites is 1. The van der Waals surface area contributed by atoms with Crippen LogP contribution in [0.3, 0.4) is 0 Å². The van der Waals surface area contributed by atoms with E-state index in [-0.39, 0.29) is 18.4 Å². The maximum absolute atomic E-state index is 13.2. The fourth-order valence-corrected chi connectivity index (χ4v) is 3.61. The number of aliphatic imine (C=N–C) groups is 1. The number of benzene rings is 2. The van der Waals surface area contributed by atoms with Crippen molar-refractivity contribution in [1.82, 2.24) is 0 Å². The monoisotopic (exact) mass is 364 g/mol. The van der Waals surface area contributed by atoms with Crippen LogP contribution in [-0.2, 0) is 11.2 Å². The Bertz CT molecular complexity index is 951. The molecule has 1 amide bonds. The predicted molar refractivity (Wildman–Crippen MR) is 102 cm³/mol. The quantitative estimate of drug-likeness (QED) is 0.823. The van der Waals surface area contributed by atoms with Crippen LogP contribution in [-0.4, -0.2) is 35.8 Å². The van der Waals surface area contributed by atoms with Crippen molar-refractivity contribution in [2.45, 2.75) is 32.2 Å². The summed E-state index contributed by atoms with van der Waals surface area (Å²) in [7, 11) is 0. The van der Waals surface area contributed by atoms with E-state index < -0.39 is 5.97 Å². The Labute approximate surface area is 157 Å². The number of aliphatic carboxylic acids is 1. The van der Waals surface area contributed by atoms with Gasteiger partial charge in [0.15, 0.2) is 0 Å². The maximum Gasteiger partial charge on any atom is 0.303 e. The number of rotatable bonds is 5. The summed E-state index contributed by atoms with van der Waals surface area (Å²) >= 11 is 0. The number of hydrogen-bond acceptors (Lipinski definition) is 4. The molecular weight excluding hydrogens is 344 g/mol. The number of ether oxygens (including phenoxy) is 1. The van der Waals surface area contributed by atoms with Crippen LogP contribution in [0.2, 0.25) is 0 Å². The Hall–Kier alpha value is -3.15. The van der Waals surface area contributed by atoms with Crippen molar-refractivity contribution in [2.24, 2.45) is 4.99 Å². The molecule has 0 aromatic heterocycles. The molecule has 0 fully saturated rings. The van der Waals surface area contributed by atoms with Gasteiger partial charge < -0.3 is 9.84 Å². The third-order valence-corrected chi connectivity index (χ3v) is 4.93. The highest BCUT2D eigenvalue weighted by atomic mass is 16.5. The van der Waals surface area contributed by atoms with Crippen LogP contribution in [0.4, 0.5) is 11.4 Å². The normalized spacial score (nSPS) is 17.1. The number of aryl methyl sites for hydroxylation is 1. The van der Waals surface area contributed by atoms with Crippen molar-refractivity contribution < 1.29 is 19.4 Å². The molecule has 2 heterocycles. The SMILES string of the molecule is Cc1cc2c(cc1OCCCC(=O)O)N=CC1Cc3ccccc3N1C2=O. The molecule has 0 saturated heterocycles. The number of anilines is 1. The second-order valence-corrected chi connectivity index (χ2v) is 6.83. The molecule has 2 aromatic carbocycles. The smallest absolute Gasteiger partial charge is 0.303 e. The maximum atomic E-state index is 13.2. The van der Waals surface area contributed by atoms with Gasteiger partial charge in [-0.05, 0) is 36.6 Å². The zero-order chi connectivity index (χ0) is 19.0. The summed E-state index contributed by atoms with van der Waals surface area (Å²) in [5.41, 5.74) is 4.07. The summed E-state index contributed by atoms with van der Waals surface area (Å²) in [5.74, 6) is -0.266. The first-order valence-electron chi connectivity index (χ1n) is 8.99. The van der Waals surface area contributed by atoms with Crippen molar-refractivity contribution in [3.8, 4) is 5.75 Å². The summed E-state index contributed by atoms with van der Waals surface area (Å²) < 4.78 is 5.72. The fourth-order valence-electron chi connectivity index (χ4n) is 3.61. The molecule has 0 aliphatic carbocycles. The van der Waals surface area contributed by atoms with Gasteiger partial charge in [0.05, 0.1) is 23.9 Å². The molecule has 6 nitrogen and oxygen atoms in total. The lowest BCUT2D eigenvalue weighted by Crippen LogP contribution is -2.37. The molecule has 1 N–H and O–H groups in total. The largest absolute Gasteiger partial charge is 0.493 e. The molecule has 6 heteroatoms. The summed E-state index contributed by atoms with van der Waals surface area (Å²) in [6.07, 6.45) is 3.08. The molecule has 0 spiro atoms. The number of nitrogens with zero attached hydrogens (tertiary/aromatic N) is 2. The van der Waals surface area contributed by atoms with Crippen LogP contribution in [0.25, 0.3) is 0 Å². The molecule has 2 aliphatic heterocycles. The second kappa shape index (κ2) is 6.87. The van der Waals surface area contributed by atoms with Crippen molar-refractivity contribution >= 4 is 29.5 Å². The van der Waals surface area contributed by atoms with Crippen molar-refractivity contribution in [2.75, 3.05) is 11.5 Å². The Morgan fingerprint density at radius 3 is 2.96 bits per heavy atom. The number of hydrogen-bond donors (Lipinski definition) is 1. The molecule has 0 saturated carbocycles. The molecule has 1 unspecified atom stereocenters. The minimum atomic E-state index is -0.840. The Kier molecular flexibility index (Phi) is 4.39. The van der Waals surface area contributed by atoms with Gasteiger partial charge in [-0.3, -0.25) is 19.5 Å². The molecule has 2 aromatic rings. The molecule has 4 rings (SSSR count). The predicted octanol–water partition coefficient (Wildman–Crippen LogP) is 3.53. The molecule has 27 heavy (non-hydrogen) atoms. The highest BCUT2D eigenvalue weighted by Gasteiger charge is 2.36. The van der Waals surface area contributed by atoms with Crippen LogP contribution in [0.1, 0.15) is 34.3 Å². The number of carboxylic acids is 1. The fraction of sp³-hybridized carbons (Fsp3) is 0.286. The first kappa shape index (κ1) is 17.3. The van der Waals surface area contributed by atoms with Gasteiger partial charge in [-0.15, -0.1) is 0 Å². The Morgan fingerprint density at radius 1 is 1.33 bits per heavy atom. The minimum Gasteiger partial charge on any atom is -0.493 e. The van der Waals surface area contributed by atoms with Gasteiger partial charge in [0, 0.05) is 30.8 Å². The van der Waals surface area contributed by atoms with E-state index in [0.29, 0.717) is 30.0 Å². The average molecular weight is 364 g/mol. The lowest BCUT2D eigenvalue weighted by Gasteiger charge is -2.21. The minimum absolute atomic E-state index is 0.0574. The molecule has 0 radical (unpaired) electrons. The van der Waals surface area contributed by atoms with Crippen molar-refractivity contribution in [3.05, 3.63) is 53.1 Å². The second-order valence-electron chi connectivity index (χ2n) is 6.83. The van der Waals surface area contributed by atoms with E-state index in [9.17, 15) is 9.59 Å². The average Bonchev–Trinajstić information content (AvgIpc) is 2.96. The first-order chi connectivity index (χ1) is 13.0. The van der Waals surface area contributed by atoms with Crippen LogP contribution < -0.4 is 9.64 Å². The van der Waals surface area contributed by atoms with E-state index in [2.05, 4.69) is 4.99 Å². The number of carbonyl (C=O) groups is 2. The molecule has 0 bridgehead atoms. The van der Waals surface area contributed by atoms with Crippen molar-refractivity contribution in [1.29, 1.82) is 0 Å². The van der Waals surface area contributed by atoms with Gasteiger partial charge in [0.25, 0.3) is 5.91 Å². The van der Waals surface area contributed by atoms with E-state index in [1.54, 1.807) is 6.07 Å². The lowest BCUT2D eigenvalue weighted by atomic mass is 10.1. The van der Waals surface area contributed by atoms with Crippen LogP contribution >= 0.6 is 0 Å². The van der Waals surface area contributed by atoms with Crippen molar-refractivity contribution in [3.63, 3.8) is 0 Å². The van der Waals surface area contributed by atoms with Gasteiger partial charge in [0.1, 0.15) is 5.75 Å². The number of carbonyl (C=O) groups excluding carboxylic acids is 1. The third-order valence-electron chi connectivity index (χ3n) is 4.93. The van der Waals surface area contributed by atoms with E-state index in [1.165, 1.54) is 0 Å². The summed E-state index contributed by atoms with van der Waals surface area (Å²) in [6.45, 7) is 2.19. The first-order valence-corrected chi connectivity index (χ1v) is 8.99. The van der Waals surface area contributed by atoms with Gasteiger partial charge >= 0.3 is 5.97 Å². The number of amides is 1. The van der Waals surface area contributed by atoms with Gasteiger partial charge in [-0.25, -0.2) is 0 Å². The van der Waals surface area contributed by atoms with E-state index >= 15 is 0 Å². The highest BCUT2D eigenvalue weighted by Crippen LogP contribution is 2.38. The Balaban J connectivity index is 1.62. The highest BCUT2D eigenvalue weighted by molar-refractivity contribution is 6.14. The molecule has 138 valence electrons. The summed E-state index contributed by atoms with van der Waals surface area (Å²) in [4.78, 5) is 30.2. The number of fused-ring (bicyclic) bond motifs is 4. The molecular formula is C21H20N2O4. The standard InChI is InChI=1S/C21H20N2O4/c1-13-9-16-17(11-19(13)27-8-4-7-20(24)25)22-12-15-10-14-5-2-3-6-18(14)23(15)21(16)26/h2-3,5-6,9,11-12,15H,4,7-8,10H2,1H3,(H,24,25). The lowest BCUT2D eigenvalue weighted by molar-refractivity contribution is -0.137. The van der Waals surface area contributed by atoms with Crippen LogP contribution in [0.15, 0.2) is 41.4 Å². The van der Waals surface area contributed by atoms with Crippen LogP contribution in [0.5, 0.6) is 5.75 Å². The van der Waals surface area contributed by atoms with Gasteiger partial charge in [0.2, 0.25) is 0 Å². The van der Waals surface area contributed by atoms with E-state index in [4.69, 9.17) is 9.84 Å². The molecule has 1 atom stereocenters. The summed E-state index contributed by atoms with van der Waals surface area (Å²) in [5, 5.41) is 8.72. The van der Waals surface area contributed by atoms with E-state index in [1.807, 2.05) is 48.4 Å². The van der Waals surface area contributed by atoms with E-state index in [0.717, 1.165) is 23.2 Å². The Morgan fingerprint density at radius 2 is 2.15 bits per heavy atom. The van der Waals surface area contributed by atoms with Gasteiger partial charge in [-0.1, -0.05) is 18.2 Å². The zero-order valence-corrected chi connectivity index (χ0v) is 15.0. The molecule has 2 aliphatic rings. The van der Waals surface area contributed by atoms with Gasteiger partial charge in [-0.2, -0.15) is 0 Å².